The molecule has 0 atom stereocenters. The maximum absolute atomic E-state index is 10.6. The molecule has 0 aliphatic heterocycles. The number of carboxylic acids is 1. The van der Waals surface area contributed by atoms with Gasteiger partial charge in [0.15, 0.2) is 0 Å². The Morgan fingerprint density at radius 3 is 2.65 bits per heavy atom. The molecule has 2 aromatic rings. The number of aromatic carboxylic acids is 1. The van der Waals surface area contributed by atoms with Crippen LogP contribution in [0.3, 0.4) is 0 Å². The first kappa shape index (κ1) is 11.2. The van der Waals surface area contributed by atoms with E-state index in [0.29, 0.717) is 6.54 Å². The molecular weight excluding hydrogens is 220 g/mol. The summed E-state index contributed by atoms with van der Waals surface area (Å²) in [7, 11) is 1.61. The summed E-state index contributed by atoms with van der Waals surface area (Å²) in [4.78, 5) is 10.6. The number of carboxylic acid groups (broad SMARTS) is 1. The molecule has 0 aliphatic rings. The summed E-state index contributed by atoms with van der Waals surface area (Å²) in [5.74, 6) is -0.435. The van der Waals surface area contributed by atoms with Crippen molar-refractivity contribution in [3.05, 3.63) is 47.8 Å². The first-order valence-corrected chi connectivity index (χ1v) is 5.06. The largest absolute Gasteiger partial charge is 0.545 e. The second-order valence-electron chi connectivity index (χ2n) is 3.56. The number of aromatic nitrogens is 2. The van der Waals surface area contributed by atoms with E-state index in [0.717, 1.165) is 11.3 Å². The summed E-state index contributed by atoms with van der Waals surface area (Å²) in [5, 5.41) is 14.5. The van der Waals surface area contributed by atoms with Crippen LogP contribution in [0.15, 0.2) is 36.7 Å². The Balaban J connectivity index is 2.11. The van der Waals surface area contributed by atoms with Crippen LogP contribution in [0.2, 0.25) is 0 Å². The fourth-order valence-electron chi connectivity index (χ4n) is 1.47. The maximum Gasteiger partial charge on any atom is 0.118 e. The molecule has 1 heterocycles. The van der Waals surface area contributed by atoms with Gasteiger partial charge >= 0.3 is 0 Å². The quantitative estimate of drug-likeness (QED) is 0.759. The summed E-state index contributed by atoms with van der Waals surface area (Å²) in [6.07, 6.45) is 2.72. The molecular formula is C12H11N2O3-. The number of methoxy groups -OCH3 is 1. The zero-order chi connectivity index (χ0) is 12.3. The number of rotatable bonds is 4. The second-order valence-corrected chi connectivity index (χ2v) is 3.56. The molecule has 0 unspecified atom stereocenters. The molecule has 0 radical (unpaired) electrons. The van der Waals surface area contributed by atoms with E-state index in [1.807, 2.05) is 24.3 Å². The van der Waals surface area contributed by atoms with Gasteiger partial charge in [0.2, 0.25) is 0 Å². The van der Waals surface area contributed by atoms with Gasteiger partial charge in [-0.05, 0) is 17.7 Å². The fourth-order valence-corrected chi connectivity index (χ4v) is 1.47. The highest BCUT2D eigenvalue weighted by molar-refractivity contribution is 5.84. The van der Waals surface area contributed by atoms with E-state index in [4.69, 9.17) is 4.74 Å². The van der Waals surface area contributed by atoms with Crippen LogP contribution in [-0.2, 0) is 6.54 Å². The predicted molar refractivity (Wildman–Crippen MR) is 58.7 cm³/mol. The molecule has 0 spiro atoms. The first-order valence-electron chi connectivity index (χ1n) is 5.06. The highest BCUT2D eigenvalue weighted by Crippen LogP contribution is 2.12. The molecule has 0 aliphatic carbocycles. The molecule has 0 N–H and O–H groups in total. The SMILES string of the molecule is COc1ccc(Cn2cc(C(=O)[O-])cn2)cc1. The molecule has 17 heavy (non-hydrogen) atoms. The van der Waals surface area contributed by atoms with Crippen LogP contribution in [0, 0.1) is 0 Å². The molecule has 0 fully saturated rings. The van der Waals surface area contributed by atoms with E-state index < -0.39 is 5.97 Å². The van der Waals surface area contributed by atoms with Crippen molar-refractivity contribution >= 4 is 5.97 Å². The van der Waals surface area contributed by atoms with Gasteiger partial charge in [0.25, 0.3) is 0 Å². The Hall–Kier alpha value is -2.30. The number of ether oxygens (including phenoxy) is 1. The van der Waals surface area contributed by atoms with Crippen molar-refractivity contribution in [1.82, 2.24) is 9.78 Å². The van der Waals surface area contributed by atoms with E-state index in [9.17, 15) is 9.90 Å². The van der Waals surface area contributed by atoms with Crippen molar-refractivity contribution in [1.29, 1.82) is 0 Å². The van der Waals surface area contributed by atoms with Crippen LogP contribution in [0.1, 0.15) is 15.9 Å². The Morgan fingerprint density at radius 1 is 1.41 bits per heavy atom. The molecule has 5 heteroatoms. The summed E-state index contributed by atoms with van der Waals surface area (Å²) in [5.41, 5.74) is 1.09. The summed E-state index contributed by atoms with van der Waals surface area (Å²) < 4.78 is 6.60. The van der Waals surface area contributed by atoms with Crippen molar-refractivity contribution in [3.63, 3.8) is 0 Å². The van der Waals surface area contributed by atoms with Crippen LogP contribution in [0.25, 0.3) is 0 Å². The van der Waals surface area contributed by atoms with Crippen LogP contribution in [-0.4, -0.2) is 22.9 Å². The van der Waals surface area contributed by atoms with Crippen LogP contribution in [0.5, 0.6) is 5.75 Å². The minimum atomic E-state index is -1.22. The average molecular weight is 231 g/mol. The van der Waals surface area contributed by atoms with Gasteiger partial charge in [-0.15, -0.1) is 0 Å². The lowest BCUT2D eigenvalue weighted by Crippen LogP contribution is -2.21. The lowest BCUT2D eigenvalue weighted by atomic mass is 10.2. The molecule has 5 nitrogen and oxygen atoms in total. The minimum Gasteiger partial charge on any atom is -0.545 e. The van der Waals surface area contributed by atoms with Crippen molar-refractivity contribution < 1.29 is 14.6 Å². The predicted octanol–water partition coefficient (Wildman–Crippen LogP) is 0.303. The third-order valence-corrected chi connectivity index (χ3v) is 2.37. The fraction of sp³-hybridized carbons (Fsp3) is 0.167. The lowest BCUT2D eigenvalue weighted by molar-refractivity contribution is -0.255. The topological polar surface area (TPSA) is 67.2 Å². The lowest BCUT2D eigenvalue weighted by Gasteiger charge is -2.03. The average Bonchev–Trinajstić information content (AvgIpc) is 2.79. The molecule has 0 amide bonds. The van der Waals surface area contributed by atoms with E-state index in [-0.39, 0.29) is 5.56 Å². The van der Waals surface area contributed by atoms with E-state index in [1.165, 1.54) is 12.4 Å². The summed E-state index contributed by atoms with van der Waals surface area (Å²) >= 11 is 0. The van der Waals surface area contributed by atoms with E-state index in [2.05, 4.69) is 5.10 Å². The van der Waals surface area contributed by atoms with Gasteiger partial charge in [-0.3, -0.25) is 4.68 Å². The normalized spacial score (nSPS) is 10.2. The van der Waals surface area contributed by atoms with E-state index in [1.54, 1.807) is 11.8 Å². The Kier molecular flexibility index (Phi) is 3.09. The molecule has 1 aromatic heterocycles. The molecule has 0 saturated carbocycles. The zero-order valence-electron chi connectivity index (χ0n) is 9.29. The molecule has 88 valence electrons. The first-order chi connectivity index (χ1) is 8.19. The van der Waals surface area contributed by atoms with Gasteiger partial charge in [0.05, 0.1) is 25.8 Å². The van der Waals surface area contributed by atoms with E-state index >= 15 is 0 Å². The molecule has 2 rings (SSSR count). The third-order valence-electron chi connectivity index (χ3n) is 2.37. The van der Waals surface area contributed by atoms with Gasteiger partial charge in [0, 0.05) is 11.8 Å². The molecule has 0 saturated heterocycles. The van der Waals surface area contributed by atoms with Crippen molar-refractivity contribution in [2.75, 3.05) is 7.11 Å². The minimum absolute atomic E-state index is 0.0820. The number of carbonyl (C=O) groups excluding carboxylic acids is 1. The standard InChI is InChI=1S/C12H12N2O3/c1-17-11-4-2-9(3-5-11)7-14-8-10(6-13-14)12(15)16/h2-6,8H,7H2,1H3,(H,15,16)/p-1. The van der Waals surface area contributed by atoms with Gasteiger partial charge in [-0.2, -0.15) is 5.10 Å². The van der Waals surface area contributed by atoms with Gasteiger partial charge in [-0.25, -0.2) is 0 Å². The number of hydrogen-bond donors (Lipinski definition) is 0. The Morgan fingerprint density at radius 2 is 2.12 bits per heavy atom. The summed E-state index contributed by atoms with van der Waals surface area (Å²) in [6, 6.07) is 7.50. The monoisotopic (exact) mass is 231 g/mol. The number of benzene rings is 1. The maximum atomic E-state index is 10.6. The van der Waals surface area contributed by atoms with Gasteiger partial charge in [0.1, 0.15) is 5.75 Å². The highest BCUT2D eigenvalue weighted by Gasteiger charge is 2.00. The van der Waals surface area contributed by atoms with Gasteiger partial charge < -0.3 is 14.6 Å². The van der Waals surface area contributed by atoms with Crippen LogP contribution in [0.4, 0.5) is 0 Å². The van der Waals surface area contributed by atoms with Gasteiger partial charge in [-0.1, -0.05) is 12.1 Å². The number of hydrogen-bond acceptors (Lipinski definition) is 4. The smallest absolute Gasteiger partial charge is 0.118 e. The van der Waals surface area contributed by atoms with Crippen LogP contribution >= 0.6 is 0 Å². The number of nitrogens with zero attached hydrogens (tertiary/aromatic N) is 2. The van der Waals surface area contributed by atoms with Crippen molar-refractivity contribution in [2.45, 2.75) is 6.54 Å². The Labute approximate surface area is 98.3 Å². The van der Waals surface area contributed by atoms with Crippen LogP contribution < -0.4 is 9.84 Å². The Bertz CT molecular complexity index is 517. The van der Waals surface area contributed by atoms with Crippen molar-refractivity contribution in [3.8, 4) is 5.75 Å². The molecule has 0 bridgehead atoms. The third kappa shape index (κ3) is 2.63. The second kappa shape index (κ2) is 4.69. The summed E-state index contributed by atoms with van der Waals surface area (Å²) in [6.45, 7) is 0.511. The van der Waals surface area contributed by atoms with Crippen molar-refractivity contribution in [2.24, 2.45) is 0 Å². The number of carbonyl (C=O) groups is 1. The zero-order valence-corrected chi connectivity index (χ0v) is 9.29. The molecule has 1 aromatic carbocycles. The highest BCUT2D eigenvalue weighted by atomic mass is 16.5.